The molecule has 4 aliphatic heterocycles. The van der Waals surface area contributed by atoms with Crippen molar-refractivity contribution in [3.8, 4) is 17.8 Å². The minimum absolute atomic E-state index is 0.0262. The predicted molar refractivity (Wildman–Crippen MR) is 163 cm³/mol. The van der Waals surface area contributed by atoms with E-state index < -0.39 is 29.0 Å². The molecule has 5 heterocycles. The third kappa shape index (κ3) is 5.02. The Hall–Kier alpha value is -4.08. The fraction of sp³-hybridized carbons (Fsp3) is 0.515. The van der Waals surface area contributed by atoms with Crippen molar-refractivity contribution < 1.29 is 28.5 Å². The zero-order valence-electron chi connectivity index (χ0n) is 25.2. The van der Waals surface area contributed by atoms with Crippen molar-refractivity contribution in [1.29, 1.82) is 5.26 Å². The van der Waals surface area contributed by atoms with Crippen LogP contribution in [0.15, 0.2) is 24.3 Å². The van der Waals surface area contributed by atoms with Gasteiger partial charge in [-0.2, -0.15) is 15.2 Å². The summed E-state index contributed by atoms with van der Waals surface area (Å²) in [5.74, 6) is -0.590. The first-order chi connectivity index (χ1) is 21.6. The third-order valence-corrected chi connectivity index (χ3v) is 9.98. The predicted octanol–water partition coefficient (Wildman–Crippen LogP) is 4.40. The summed E-state index contributed by atoms with van der Waals surface area (Å²) in [5.41, 5.74) is -0.273. The Kier molecular flexibility index (Phi) is 7.28. The van der Waals surface area contributed by atoms with Crippen LogP contribution in [0.2, 0.25) is 0 Å². The third-order valence-electron chi connectivity index (χ3n) is 9.98. The molecule has 236 valence electrons. The number of alkyl halides is 1. The van der Waals surface area contributed by atoms with Gasteiger partial charge in [0.1, 0.15) is 35.7 Å². The van der Waals surface area contributed by atoms with Gasteiger partial charge in [-0.25, -0.2) is 8.78 Å². The van der Waals surface area contributed by atoms with Gasteiger partial charge >= 0.3 is 6.01 Å². The van der Waals surface area contributed by atoms with Gasteiger partial charge in [0.05, 0.1) is 41.6 Å². The summed E-state index contributed by atoms with van der Waals surface area (Å²) in [4.78, 5) is 29.1. The molecular weight excluding hydrogens is 582 g/mol. The summed E-state index contributed by atoms with van der Waals surface area (Å²) >= 11 is 0. The fourth-order valence-electron chi connectivity index (χ4n) is 7.92. The summed E-state index contributed by atoms with van der Waals surface area (Å²) in [6.45, 7) is 3.85. The first-order valence-electron chi connectivity index (χ1n) is 15.7. The van der Waals surface area contributed by atoms with Gasteiger partial charge in [0.25, 0.3) is 5.91 Å². The highest BCUT2D eigenvalue weighted by Crippen LogP contribution is 2.43. The number of phenolic OH excluding ortho intramolecular Hbond substituents is 1. The van der Waals surface area contributed by atoms with Gasteiger partial charge in [0.15, 0.2) is 0 Å². The van der Waals surface area contributed by atoms with Crippen LogP contribution in [0.25, 0.3) is 10.8 Å². The maximum absolute atomic E-state index is 15.0. The number of anilines is 2. The standard InChI is InChI=1S/C33H36F2N6O4/c1-2-23-24(35)6-5-20-13-22(42)14-26(27(20)23)41-17-25-28(30(41)43)29(39-11-4-8-33(44,18-39)9-10-36)38-31(37-25)45-19-32-7-3-12-40(32)16-21(34)15-32/h5-6,13-14,21,42,44H,2-4,7-9,11-12,15-19H2,1H3/t21-,32+,33?/m1/s1. The molecule has 3 atom stereocenters. The summed E-state index contributed by atoms with van der Waals surface area (Å²) in [6, 6.07) is 8.06. The van der Waals surface area contributed by atoms with E-state index in [0.29, 0.717) is 72.3 Å². The monoisotopic (exact) mass is 618 g/mol. The Morgan fingerprint density at radius 1 is 1.20 bits per heavy atom. The summed E-state index contributed by atoms with van der Waals surface area (Å²) in [6.07, 6.45) is 2.56. The van der Waals surface area contributed by atoms with Crippen LogP contribution in [0.5, 0.6) is 11.8 Å². The highest BCUT2D eigenvalue weighted by atomic mass is 19.1. The molecule has 1 amide bonds. The molecular formula is C33H36F2N6O4. The van der Waals surface area contributed by atoms with E-state index in [1.807, 2.05) is 6.92 Å². The molecule has 1 unspecified atom stereocenters. The second-order valence-corrected chi connectivity index (χ2v) is 12.9. The SMILES string of the molecule is CCc1c(F)ccc2cc(O)cc(N3Cc4nc(OC[C@@]56CCCN5C[C@H](F)C6)nc(N5CCCC(O)(CC#N)C5)c4C3=O)c12. The van der Waals surface area contributed by atoms with E-state index >= 15 is 0 Å². The van der Waals surface area contributed by atoms with Crippen molar-refractivity contribution in [2.45, 2.75) is 75.7 Å². The van der Waals surface area contributed by atoms with Gasteiger partial charge in [-0.1, -0.05) is 13.0 Å². The van der Waals surface area contributed by atoms with Gasteiger partial charge in [-0.3, -0.25) is 9.69 Å². The number of carbonyl (C=O) groups is 1. The maximum atomic E-state index is 15.0. The highest BCUT2D eigenvalue weighted by Gasteiger charge is 2.49. The first kappa shape index (κ1) is 29.6. The van der Waals surface area contributed by atoms with Gasteiger partial charge in [-0.05, 0) is 61.7 Å². The van der Waals surface area contributed by atoms with Crippen LogP contribution in [-0.4, -0.2) is 81.1 Å². The molecule has 0 saturated carbocycles. The minimum atomic E-state index is -1.27. The van der Waals surface area contributed by atoms with Crippen LogP contribution in [0.3, 0.4) is 0 Å². The fourth-order valence-corrected chi connectivity index (χ4v) is 7.92. The van der Waals surface area contributed by atoms with E-state index in [1.54, 1.807) is 17.0 Å². The largest absolute Gasteiger partial charge is 0.508 e. The molecule has 3 aromatic rings. The number of aliphatic hydroxyl groups is 1. The van der Waals surface area contributed by atoms with Crippen LogP contribution >= 0.6 is 0 Å². The first-order valence-corrected chi connectivity index (χ1v) is 15.7. The number of nitriles is 1. The number of phenols is 1. The van der Waals surface area contributed by atoms with E-state index in [4.69, 9.17) is 9.72 Å². The van der Waals surface area contributed by atoms with Crippen molar-refractivity contribution >= 4 is 28.2 Å². The molecule has 7 rings (SSSR count). The van der Waals surface area contributed by atoms with Gasteiger partial charge in [0, 0.05) is 37.5 Å². The van der Waals surface area contributed by atoms with E-state index in [0.717, 1.165) is 19.4 Å². The zero-order valence-corrected chi connectivity index (χ0v) is 25.2. The molecule has 3 fully saturated rings. The van der Waals surface area contributed by atoms with E-state index in [1.165, 1.54) is 17.0 Å². The molecule has 0 radical (unpaired) electrons. The number of benzene rings is 2. The Morgan fingerprint density at radius 3 is 2.82 bits per heavy atom. The van der Waals surface area contributed by atoms with Crippen molar-refractivity contribution in [3.63, 3.8) is 0 Å². The van der Waals surface area contributed by atoms with E-state index in [2.05, 4.69) is 16.0 Å². The van der Waals surface area contributed by atoms with Crippen LogP contribution in [0, 0.1) is 17.1 Å². The van der Waals surface area contributed by atoms with Gasteiger partial charge in [0.2, 0.25) is 0 Å². The lowest BCUT2D eigenvalue weighted by atomic mass is 9.90. The number of aryl methyl sites for hydroxylation is 1. The number of aromatic hydroxyl groups is 1. The number of hydrogen-bond donors (Lipinski definition) is 2. The number of amides is 1. The van der Waals surface area contributed by atoms with Crippen LogP contribution in [-0.2, 0) is 13.0 Å². The molecule has 4 aliphatic rings. The zero-order chi connectivity index (χ0) is 31.5. The molecule has 0 bridgehead atoms. The summed E-state index contributed by atoms with van der Waals surface area (Å²) < 4.78 is 35.7. The molecule has 10 nitrogen and oxygen atoms in total. The number of rotatable bonds is 7. The smallest absolute Gasteiger partial charge is 0.318 e. The van der Waals surface area contributed by atoms with Crippen LogP contribution in [0.4, 0.5) is 20.3 Å². The molecule has 3 saturated heterocycles. The quantitative estimate of drug-likeness (QED) is 0.396. The second kappa shape index (κ2) is 11.1. The molecule has 12 heteroatoms. The Labute approximate surface area is 259 Å². The number of nitrogens with zero attached hydrogens (tertiary/aromatic N) is 6. The number of ether oxygens (including phenoxy) is 1. The lowest BCUT2D eigenvalue weighted by Crippen LogP contribution is -2.49. The number of piperidine rings is 1. The van der Waals surface area contributed by atoms with E-state index in [9.17, 15) is 29.1 Å². The number of aromatic nitrogens is 2. The summed E-state index contributed by atoms with van der Waals surface area (Å²) in [7, 11) is 0. The van der Waals surface area contributed by atoms with Gasteiger partial charge in [-0.15, -0.1) is 0 Å². The lowest BCUT2D eigenvalue weighted by Gasteiger charge is -2.39. The topological polar surface area (TPSA) is 126 Å². The van der Waals surface area contributed by atoms with Crippen molar-refractivity contribution in [2.24, 2.45) is 0 Å². The number of hydrogen-bond acceptors (Lipinski definition) is 9. The molecule has 45 heavy (non-hydrogen) atoms. The number of carbonyl (C=O) groups excluding carboxylic acids is 1. The average molecular weight is 619 g/mol. The molecule has 2 N–H and O–H groups in total. The van der Waals surface area contributed by atoms with Crippen LogP contribution < -0.4 is 14.5 Å². The van der Waals surface area contributed by atoms with Crippen molar-refractivity contribution in [3.05, 3.63) is 46.9 Å². The summed E-state index contributed by atoms with van der Waals surface area (Å²) in [5, 5.41) is 32.3. The van der Waals surface area contributed by atoms with Crippen LogP contribution in [0.1, 0.15) is 67.1 Å². The Morgan fingerprint density at radius 2 is 2.02 bits per heavy atom. The Balaban J connectivity index is 1.30. The normalized spacial score (nSPS) is 26.4. The number of fused-ring (bicyclic) bond motifs is 3. The lowest BCUT2D eigenvalue weighted by molar-refractivity contribution is 0.0301. The molecule has 1 aromatic heterocycles. The van der Waals surface area contributed by atoms with E-state index in [-0.39, 0.29) is 43.4 Å². The molecule has 0 spiro atoms. The average Bonchev–Trinajstić information content (AvgIpc) is 3.65. The number of β-amino-alcohol motifs (C(OH)–C–C–N with tert-alkyl or cyclic N) is 1. The second-order valence-electron chi connectivity index (χ2n) is 12.9. The van der Waals surface area contributed by atoms with Crippen molar-refractivity contribution in [2.75, 3.05) is 42.6 Å². The van der Waals surface area contributed by atoms with Crippen molar-refractivity contribution in [1.82, 2.24) is 14.9 Å². The Bertz CT molecular complexity index is 1730. The number of halogens is 2. The molecule has 2 aromatic carbocycles. The minimum Gasteiger partial charge on any atom is -0.508 e. The highest BCUT2D eigenvalue weighted by molar-refractivity contribution is 6.16. The van der Waals surface area contributed by atoms with Gasteiger partial charge < -0.3 is 24.7 Å². The molecule has 0 aliphatic carbocycles. The maximum Gasteiger partial charge on any atom is 0.318 e.